The van der Waals surface area contributed by atoms with Gasteiger partial charge in [0.1, 0.15) is 5.82 Å². The molecular weight excluding hydrogens is 264 g/mol. The fourth-order valence-corrected chi connectivity index (χ4v) is 3.97. The number of hydrogen-bond donors (Lipinski definition) is 1. The Bertz CT molecular complexity index is 575. The Morgan fingerprint density at radius 3 is 2.68 bits per heavy atom. The maximum atomic E-state index is 12.0. The highest BCUT2D eigenvalue weighted by Gasteiger charge is 2.38. The highest BCUT2D eigenvalue weighted by molar-refractivity contribution is 7.90. The molecule has 0 saturated heterocycles. The molecule has 1 fully saturated rings. The monoisotopic (exact) mass is 284 g/mol. The average molecular weight is 284 g/mol. The molecule has 1 aromatic heterocycles. The summed E-state index contributed by atoms with van der Waals surface area (Å²) in [4.78, 5) is 4.52. The number of hydrogen-bond acceptors (Lipinski definition) is 4. The van der Waals surface area contributed by atoms with Crippen LogP contribution in [0.4, 0.5) is 0 Å². The van der Waals surface area contributed by atoms with Crippen molar-refractivity contribution in [3.63, 3.8) is 0 Å². The lowest BCUT2D eigenvalue weighted by atomic mass is 10.1. The van der Waals surface area contributed by atoms with E-state index >= 15 is 0 Å². The summed E-state index contributed by atoms with van der Waals surface area (Å²) in [6.07, 6.45) is 3.31. The van der Waals surface area contributed by atoms with Gasteiger partial charge in [-0.15, -0.1) is 0 Å². The molecule has 2 heterocycles. The average Bonchev–Trinajstić information content (AvgIpc) is 3.09. The Morgan fingerprint density at radius 2 is 2.05 bits per heavy atom. The molecule has 0 bridgehead atoms. The van der Waals surface area contributed by atoms with Gasteiger partial charge in [-0.2, -0.15) is 5.10 Å². The van der Waals surface area contributed by atoms with Crippen molar-refractivity contribution < 1.29 is 8.42 Å². The number of aromatic nitrogens is 3. The second-order valence-corrected chi connectivity index (χ2v) is 7.76. The van der Waals surface area contributed by atoms with E-state index < -0.39 is 10.0 Å². The van der Waals surface area contributed by atoms with Gasteiger partial charge < -0.3 is 0 Å². The van der Waals surface area contributed by atoms with Crippen molar-refractivity contribution in [3.05, 3.63) is 11.6 Å². The molecule has 6 nitrogen and oxygen atoms in total. The van der Waals surface area contributed by atoms with E-state index in [1.54, 1.807) is 0 Å². The van der Waals surface area contributed by atoms with Gasteiger partial charge in [-0.25, -0.2) is 22.8 Å². The van der Waals surface area contributed by atoms with Crippen LogP contribution in [0.1, 0.15) is 63.1 Å². The summed E-state index contributed by atoms with van der Waals surface area (Å²) in [7, 11) is -3.17. The van der Waals surface area contributed by atoms with Gasteiger partial charge in [0.15, 0.2) is 5.82 Å². The van der Waals surface area contributed by atoms with Crippen molar-refractivity contribution in [1.82, 2.24) is 19.5 Å². The molecule has 3 rings (SSSR count). The topological polar surface area (TPSA) is 76.9 Å². The Balaban J connectivity index is 1.85. The number of aryl methyl sites for hydroxylation is 1. The van der Waals surface area contributed by atoms with Crippen molar-refractivity contribution in [2.75, 3.05) is 0 Å². The van der Waals surface area contributed by atoms with Crippen molar-refractivity contribution >= 4 is 10.0 Å². The van der Waals surface area contributed by atoms with E-state index in [0.29, 0.717) is 0 Å². The van der Waals surface area contributed by atoms with E-state index in [9.17, 15) is 8.42 Å². The largest absolute Gasteiger partial charge is 0.248 e. The molecule has 1 unspecified atom stereocenters. The van der Waals surface area contributed by atoms with Crippen LogP contribution in [-0.2, 0) is 16.6 Å². The number of sulfonamides is 1. The van der Waals surface area contributed by atoms with Crippen LogP contribution in [0.5, 0.6) is 0 Å². The van der Waals surface area contributed by atoms with Crippen LogP contribution in [-0.4, -0.2) is 28.4 Å². The predicted molar refractivity (Wildman–Crippen MR) is 71.2 cm³/mol. The summed E-state index contributed by atoms with van der Waals surface area (Å²) in [6.45, 7) is 4.92. The van der Waals surface area contributed by atoms with Crippen LogP contribution in [0.2, 0.25) is 0 Å². The van der Waals surface area contributed by atoms with Gasteiger partial charge in [0.2, 0.25) is 10.0 Å². The Kier molecular flexibility index (Phi) is 3.13. The van der Waals surface area contributed by atoms with Crippen molar-refractivity contribution in [3.8, 4) is 0 Å². The first-order valence-electron chi connectivity index (χ1n) is 6.93. The van der Waals surface area contributed by atoms with Gasteiger partial charge in [0, 0.05) is 12.5 Å². The number of fused-ring (bicyclic) bond motifs is 1. The third-order valence-electron chi connectivity index (χ3n) is 3.68. The summed E-state index contributed by atoms with van der Waals surface area (Å²) >= 11 is 0. The zero-order valence-electron chi connectivity index (χ0n) is 11.3. The standard InChI is InChI=1S/C12H20N4O2S/c1-8(2)11-13-12-10(4-3-7-16(12)14-11)15-19(17,18)9-5-6-9/h8-10,15H,3-7H2,1-2H3. The van der Waals surface area contributed by atoms with E-state index in [2.05, 4.69) is 14.8 Å². The zero-order valence-corrected chi connectivity index (χ0v) is 12.2. The highest BCUT2D eigenvalue weighted by Crippen LogP contribution is 2.31. The first-order chi connectivity index (χ1) is 8.97. The Morgan fingerprint density at radius 1 is 1.32 bits per heavy atom. The molecule has 19 heavy (non-hydrogen) atoms. The third-order valence-corrected chi connectivity index (χ3v) is 5.64. The predicted octanol–water partition coefficient (Wildman–Crippen LogP) is 1.32. The zero-order chi connectivity index (χ0) is 13.6. The lowest BCUT2D eigenvalue weighted by Crippen LogP contribution is -2.35. The van der Waals surface area contributed by atoms with E-state index in [-0.39, 0.29) is 17.2 Å². The Labute approximate surface area is 113 Å². The molecular formula is C12H20N4O2S. The van der Waals surface area contributed by atoms with Crippen LogP contribution in [0.3, 0.4) is 0 Å². The third kappa shape index (κ3) is 2.53. The molecule has 2 aliphatic rings. The van der Waals surface area contributed by atoms with Crippen molar-refractivity contribution in [2.24, 2.45) is 0 Å². The number of nitrogens with one attached hydrogen (secondary N) is 1. The van der Waals surface area contributed by atoms with Gasteiger partial charge in [-0.1, -0.05) is 13.8 Å². The van der Waals surface area contributed by atoms with E-state index in [1.165, 1.54) is 0 Å². The quantitative estimate of drug-likeness (QED) is 0.904. The van der Waals surface area contributed by atoms with Gasteiger partial charge in [-0.3, -0.25) is 0 Å². The number of nitrogens with zero attached hydrogens (tertiary/aromatic N) is 3. The molecule has 0 radical (unpaired) electrons. The molecule has 7 heteroatoms. The summed E-state index contributed by atoms with van der Waals surface area (Å²) < 4.78 is 28.8. The molecule has 1 saturated carbocycles. The summed E-state index contributed by atoms with van der Waals surface area (Å²) in [5.41, 5.74) is 0. The van der Waals surface area contributed by atoms with Crippen LogP contribution < -0.4 is 4.72 Å². The van der Waals surface area contributed by atoms with Crippen molar-refractivity contribution in [2.45, 2.75) is 63.3 Å². The minimum absolute atomic E-state index is 0.185. The molecule has 1 N–H and O–H groups in total. The highest BCUT2D eigenvalue weighted by atomic mass is 32.2. The normalized spacial score (nSPS) is 23.6. The van der Waals surface area contributed by atoms with Crippen LogP contribution in [0.25, 0.3) is 0 Å². The molecule has 106 valence electrons. The molecule has 1 aliphatic carbocycles. The lowest BCUT2D eigenvalue weighted by molar-refractivity contribution is 0.399. The smallest absolute Gasteiger partial charge is 0.215 e. The van der Waals surface area contributed by atoms with Crippen LogP contribution in [0.15, 0.2) is 0 Å². The molecule has 0 amide bonds. The van der Waals surface area contributed by atoms with Gasteiger partial charge in [-0.05, 0) is 25.7 Å². The van der Waals surface area contributed by atoms with Gasteiger partial charge in [0.05, 0.1) is 11.3 Å². The molecule has 1 atom stereocenters. The van der Waals surface area contributed by atoms with E-state index in [4.69, 9.17) is 0 Å². The Hall–Kier alpha value is -0.950. The summed E-state index contributed by atoms with van der Waals surface area (Å²) in [5.74, 6) is 1.84. The van der Waals surface area contributed by atoms with Crippen molar-refractivity contribution in [1.29, 1.82) is 0 Å². The van der Waals surface area contributed by atoms with Crippen LogP contribution >= 0.6 is 0 Å². The fourth-order valence-electron chi connectivity index (χ4n) is 2.40. The molecule has 1 aromatic rings. The molecule has 0 aromatic carbocycles. The van der Waals surface area contributed by atoms with Crippen LogP contribution in [0, 0.1) is 0 Å². The summed E-state index contributed by atoms with van der Waals surface area (Å²) in [6, 6.07) is -0.209. The number of rotatable bonds is 4. The minimum atomic E-state index is -3.17. The van der Waals surface area contributed by atoms with Gasteiger partial charge in [0.25, 0.3) is 0 Å². The van der Waals surface area contributed by atoms with E-state index in [1.807, 2.05) is 18.5 Å². The minimum Gasteiger partial charge on any atom is -0.248 e. The van der Waals surface area contributed by atoms with E-state index in [0.717, 1.165) is 43.9 Å². The second kappa shape index (κ2) is 4.56. The first-order valence-corrected chi connectivity index (χ1v) is 8.48. The fraction of sp³-hybridized carbons (Fsp3) is 0.833. The first kappa shape index (κ1) is 13.1. The van der Waals surface area contributed by atoms with Gasteiger partial charge >= 0.3 is 0 Å². The molecule has 0 spiro atoms. The maximum Gasteiger partial charge on any atom is 0.215 e. The lowest BCUT2D eigenvalue weighted by Gasteiger charge is -2.22. The molecule has 1 aliphatic heterocycles. The maximum absolute atomic E-state index is 12.0. The summed E-state index contributed by atoms with van der Waals surface area (Å²) in [5, 5.41) is 4.28. The second-order valence-electron chi connectivity index (χ2n) is 5.76. The SMILES string of the molecule is CC(C)c1nc2n(n1)CCCC2NS(=O)(=O)C1CC1.